The molecule has 0 aliphatic heterocycles. The highest BCUT2D eigenvalue weighted by atomic mass is 16.4. The average Bonchev–Trinajstić information content (AvgIpc) is 2.18. The molecule has 0 radical (unpaired) electrons. The van der Waals surface area contributed by atoms with Gasteiger partial charge in [-0.05, 0) is 24.5 Å². The molecular formula is C11H16N2O2. The molecular weight excluding hydrogens is 192 g/mol. The van der Waals surface area contributed by atoms with Gasteiger partial charge in [0.15, 0.2) is 0 Å². The Hall–Kier alpha value is -1.39. The first-order chi connectivity index (χ1) is 7.02. The molecule has 4 nitrogen and oxygen atoms in total. The molecule has 0 saturated carbocycles. The Balaban J connectivity index is 2.73. The third-order valence-corrected chi connectivity index (χ3v) is 2.41. The van der Waals surface area contributed by atoms with Gasteiger partial charge in [0, 0.05) is 6.04 Å². The maximum absolute atomic E-state index is 10.6. The van der Waals surface area contributed by atoms with Crippen molar-refractivity contribution in [3.05, 3.63) is 35.4 Å². The van der Waals surface area contributed by atoms with Crippen molar-refractivity contribution in [3.8, 4) is 0 Å². The lowest BCUT2D eigenvalue weighted by Gasteiger charge is -2.16. The minimum Gasteiger partial charge on any atom is -0.480 e. The molecule has 0 aliphatic carbocycles. The van der Waals surface area contributed by atoms with E-state index in [0.717, 1.165) is 11.1 Å². The van der Waals surface area contributed by atoms with E-state index in [4.69, 9.17) is 16.6 Å². The van der Waals surface area contributed by atoms with Crippen molar-refractivity contribution >= 4 is 5.97 Å². The Morgan fingerprint density at radius 3 is 2.53 bits per heavy atom. The third-order valence-electron chi connectivity index (χ3n) is 2.41. The van der Waals surface area contributed by atoms with Crippen molar-refractivity contribution in [3.63, 3.8) is 0 Å². The SMILES string of the molecule is Cc1ccccc1C(N)CC(N)C(=O)O. The van der Waals surface area contributed by atoms with Crippen LogP contribution in [-0.4, -0.2) is 17.1 Å². The Kier molecular flexibility index (Phi) is 3.82. The summed E-state index contributed by atoms with van der Waals surface area (Å²) in [6, 6.07) is 6.42. The predicted molar refractivity (Wildman–Crippen MR) is 58.3 cm³/mol. The van der Waals surface area contributed by atoms with Crippen LogP contribution in [0.2, 0.25) is 0 Å². The number of aryl methyl sites for hydroxylation is 1. The zero-order valence-corrected chi connectivity index (χ0v) is 8.68. The molecule has 82 valence electrons. The lowest BCUT2D eigenvalue weighted by Crippen LogP contribution is -2.34. The zero-order chi connectivity index (χ0) is 11.4. The summed E-state index contributed by atoms with van der Waals surface area (Å²) in [7, 11) is 0. The van der Waals surface area contributed by atoms with Gasteiger partial charge in [-0.2, -0.15) is 0 Å². The second-order valence-corrected chi connectivity index (χ2v) is 3.64. The molecule has 0 saturated heterocycles. The highest BCUT2D eigenvalue weighted by Gasteiger charge is 2.17. The molecule has 0 heterocycles. The molecule has 5 N–H and O–H groups in total. The summed E-state index contributed by atoms with van der Waals surface area (Å²) >= 11 is 0. The fourth-order valence-corrected chi connectivity index (χ4v) is 1.50. The first kappa shape index (κ1) is 11.7. The second-order valence-electron chi connectivity index (χ2n) is 3.64. The molecule has 0 bridgehead atoms. The number of carboxylic acids is 1. The monoisotopic (exact) mass is 208 g/mol. The fourth-order valence-electron chi connectivity index (χ4n) is 1.50. The van der Waals surface area contributed by atoms with Gasteiger partial charge in [0.25, 0.3) is 0 Å². The van der Waals surface area contributed by atoms with E-state index in [9.17, 15) is 4.79 Å². The number of rotatable bonds is 4. The summed E-state index contributed by atoms with van der Waals surface area (Å²) in [5.74, 6) is -1.01. The van der Waals surface area contributed by atoms with E-state index in [0.29, 0.717) is 0 Å². The molecule has 4 heteroatoms. The standard InChI is InChI=1S/C11H16N2O2/c1-7-4-2-3-5-8(7)9(12)6-10(13)11(14)15/h2-5,9-10H,6,12-13H2,1H3,(H,14,15). The molecule has 0 spiro atoms. The van der Waals surface area contributed by atoms with Crippen LogP contribution < -0.4 is 11.5 Å². The molecule has 1 rings (SSSR count). The Labute approximate surface area is 88.9 Å². The second kappa shape index (κ2) is 4.91. The summed E-state index contributed by atoms with van der Waals surface area (Å²) in [4.78, 5) is 10.6. The lowest BCUT2D eigenvalue weighted by molar-refractivity contribution is -0.138. The average molecular weight is 208 g/mol. The summed E-state index contributed by atoms with van der Waals surface area (Å²) in [5, 5.41) is 8.67. The van der Waals surface area contributed by atoms with Crippen molar-refractivity contribution in [2.45, 2.75) is 25.4 Å². The van der Waals surface area contributed by atoms with Crippen LogP contribution in [0.3, 0.4) is 0 Å². The van der Waals surface area contributed by atoms with E-state index < -0.39 is 12.0 Å². The van der Waals surface area contributed by atoms with Gasteiger partial charge in [0.1, 0.15) is 6.04 Å². The van der Waals surface area contributed by atoms with Crippen LogP contribution in [0.25, 0.3) is 0 Å². The van der Waals surface area contributed by atoms with E-state index in [1.165, 1.54) is 0 Å². The number of nitrogens with two attached hydrogens (primary N) is 2. The molecule has 15 heavy (non-hydrogen) atoms. The quantitative estimate of drug-likeness (QED) is 0.682. The largest absolute Gasteiger partial charge is 0.480 e. The van der Waals surface area contributed by atoms with E-state index in [-0.39, 0.29) is 12.5 Å². The number of hydrogen-bond acceptors (Lipinski definition) is 3. The van der Waals surface area contributed by atoms with Crippen molar-refractivity contribution < 1.29 is 9.90 Å². The van der Waals surface area contributed by atoms with E-state index >= 15 is 0 Å². The topological polar surface area (TPSA) is 89.3 Å². The normalized spacial score (nSPS) is 14.6. The maximum atomic E-state index is 10.6. The first-order valence-corrected chi connectivity index (χ1v) is 4.82. The fraction of sp³-hybridized carbons (Fsp3) is 0.364. The minimum absolute atomic E-state index is 0.250. The van der Waals surface area contributed by atoms with E-state index in [2.05, 4.69) is 0 Å². The van der Waals surface area contributed by atoms with Crippen LogP contribution in [0, 0.1) is 6.92 Å². The van der Waals surface area contributed by atoms with Crippen LogP contribution in [0.4, 0.5) is 0 Å². The van der Waals surface area contributed by atoms with Gasteiger partial charge in [-0.15, -0.1) is 0 Å². The number of carboxylic acid groups (broad SMARTS) is 1. The van der Waals surface area contributed by atoms with Gasteiger partial charge in [0.2, 0.25) is 0 Å². The van der Waals surface area contributed by atoms with Gasteiger partial charge in [-0.1, -0.05) is 24.3 Å². The number of aliphatic carboxylic acids is 1. The molecule has 0 aliphatic rings. The Morgan fingerprint density at radius 1 is 1.40 bits per heavy atom. The molecule has 1 aromatic rings. The van der Waals surface area contributed by atoms with Crippen LogP contribution in [-0.2, 0) is 4.79 Å². The van der Waals surface area contributed by atoms with E-state index in [1.807, 2.05) is 31.2 Å². The van der Waals surface area contributed by atoms with Crippen LogP contribution in [0.15, 0.2) is 24.3 Å². The first-order valence-electron chi connectivity index (χ1n) is 4.82. The number of hydrogen-bond donors (Lipinski definition) is 3. The van der Waals surface area contributed by atoms with Crippen molar-refractivity contribution in [1.82, 2.24) is 0 Å². The summed E-state index contributed by atoms with van der Waals surface area (Å²) in [6.45, 7) is 1.95. The number of benzene rings is 1. The lowest BCUT2D eigenvalue weighted by atomic mass is 9.97. The smallest absolute Gasteiger partial charge is 0.320 e. The molecule has 1 aromatic carbocycles. The van der Waals surface area contributed by atoms with Crippen LogP contribution >= 0.6 is 0 Å². The van der Waals surface area contributed by atoms with Crippen LogP contribution in [0.1, 0.15) is 23.6 Å². The maximum Gasteiger partial charge on any atom is 0.320 e. The van der Waals surface area contributed by atoms with Crippen molar-refractivity contribution in [2.24, 2.45) is 11.5 Å². The number of carbonyl (C=O) groups is 1. The van der Waals surface area contributed by atoms with Crippen molar-refractivity contribution in [2.75, 3.05) is 0 Å². The Morgan fingerprint density at radius 2 is 2.00 bits per heavy atom. The van der Waals surface area contributed by atoms with Gasteiger partial charge in [-0.3, -0.25) is 4.79 Å². The van der Waals surface area contributed by atoms with Gasteiger partial charge < -0.3 is 16.6 Å². The molecule has 2 unspecified atom stereocenters. The molecule has 0 fully saturated rings. The summed E-state index contributed by atoms with van der Waals surface area (Å²) in [5.41, 5.74) is 13.3. The van der Waals surface area contributed by atoms with Gasteiger partial charge in [0.05, 0.1) is 0 Å². The summed E-state index contributed by atoms with van der Waals surface area (Å²) < 4.78 is 0. The Bertz CT molecular complexity index is 352. The highest BCUT2D eigenvalue weighted by molar-refractivity contribution is 5.73. The third kappa shape index (κ3) is 3.04. The van der Waals surface area contributed by atoms with Gasteiger partial charge in [-0.25, -0.2) is 0 Å². The highest BCUT2D eigenvalue weighted by Crippen LogP contribution is 2.18. The molecule has 2 atom stereocenters. The molecule has 0 aromatic heterocycles. The summed E-state index contributed by atoms with van der Waals surface area (Å²) in [6.07, 6.45) is 0.250. The van der Waals surface area contributed by atoms with Crippen molar-refractivity contribution in [1.29, 1.82) is 0 Å². The molecule has 0 amide bonds. The van der Waals surface area contributed by atoms with Crippen LogP contribution in [0.5, 0.6) is 0 Å². The van der Waals surface area contributed by atoms with Gasteiger partial charge >= 0.3 is 5.97 Å². The predicted octanol–water partition coefficient (Wildman–Crippen LogP) is 0.797. The minimum atomic E-state index is -1.01. The van der Waals surface area contributed by atoms with E-state index in [1.54, 1.807) is 0 Å². The zero-order valence-electron chi connectivity index (χ0n) is 8.68.